The molecule has 28 heavy (non-hydrogen) atoms. The van der Waals surface area contributed by atoms with E-state index in [0.717, 1.165) is 25.7 Å². The number of nitrogens with zero attached hydrogens (tertiary/aromatic N) is 3. The van der Waals surface area contributed by atoms with Gasteiger partial charge in [0, 0.05) is 30.6 Å². The molecular formula is C21H27FN4O2. The van der Waals surface area contributed by atoms with Gasteiger partial charge < -0.3 is 14.6 Å². The number of carbonyl (C=O) groups is 1. The van der Waals surface area contributed by atoms with Crippen LogP contribution in [0.25, 0.3) is 11.5 Å². The zero-order valence-electron chi connectivity index (χ0n) is 16.1. The zero-order chi connectivity index (χ0) is 19.3. The van der Waals surface area contributed by atoms with Crippen molar-refractivity contribution < 1.29 is 13.6 Å². The number of urea groups is 1. The van der Waals surface area contributed by atoms with Crippen molar-refractivity contribution in [2.24, 2.45) is 0 Å². The van der Waals surface area contributed by atoms with Gasteiger partial charge in [0.05, 0.1) is 0 Å². The van der Waals surface area contributed by atoms with E-state index < -0.39 is 0 Å². The lowest BCUT2D eigenvalue weighted by Gasteiger charge is -2.32. The standard InChI is InChI=1S/C21H27FN4O2/c22-17-9-7-15(8-10-17)19-24-25-20(28-19)16-11-13-26(14-12-16)21(27)23-18-5-3-1-2-4-6-18/h7-10,16,18H,1-6,11-14H2,(H,23,27). The van der Waals surface area contributed by atoms with Crippen LogP contribution < -0.4 is 5.32 Å². The van der Waals surface area contributed by atoms with Gasteiger partial charge in [-0.3, -0.25) is 0 Å². The molecule has 1 N–H and O–H groups in total. The number of aromatic nitrogens is 2. The van der Waals surface area contributed by atoms with Gasteiger partial charge in [-0.2, -0.15) is 0 Å². The zero-order valence-corrected chi connectivity index (χ0v) is 16.1. The van der Waals surface area contributed by atoms with Gasteiger partial charge in [-0.25, -0.2) is 9.18 Å². The summed E-state index contributed by atoms with van der Waals surface area (Å²) in [6, 6.07) is 6.40. The van der Waals surface area contributed by atoms with Crippen molar-refractivity contribution in [1.29, 1.82) is 0 Å². The van der Waals surface area contributed by atoms with E-state index in [1.165, 1.54) is 37.8 Å². The number of piperidine rings is 1. The van der Waals surface area contributed by atoms with Crippen LogP contribution in [0.1, 0.15) is 63.2 Å². The molecule has 1 aliphatic carbocycles. The first kappa shape index (κ1) is 18.9. The van der Waals surface area contributed by atoms with Gasteiger partial charge in [-0.05, 0) is 49.9 Å². The molecule has 0 unspecified atom stereocenters. The lowest BCUT2D eigenvalue weighted by molar-refractivity contribution is 0.172. The first-order valence-electron chi connectivity index (χ1n) is 10.3. The summed E-state index contributed by atoms with van der Waals surface area (Å²) in [4.78, 5) is 14.5. The van der Waals surface area contributed by atoms with Crippen LogP contribution in [0.5, 0.6) is 0 Å². The van der Waals surface area contributed by atoms with Crippen molar-refractivity contribution in [3.8, 4) is 11.5 Å². The van der Waals surface area contributed by atoms with Crippen molar-refractivity contribution in [1.82, 2.24) is 20.4 Å². The number of halogens is 1. The minimum atomic E-state index is -0.294. The van der Waals surface area contributed by atoms with Crippen LogP contribution in [0.4, 0.5) is 9.18 Å². The van der Waals surface area contributed by atoms with Crippen LogP contribution >= 0.6 is 0 Å². The highest BCUT2D eigenvalue weighted by Gasteiger charge is 2.28. The summed E-state index contributed by atoms with van der Waals surface area (Å²) in [6.07, 6.45) is 8.78. The second-order valence-electron chi connectivity index (χ2n) is 7.85. The Hall–Kier alpha value is -2.44. The van der Waals surface area contributed by atoms with Crippen LogP contribution in [-0.4, -0.2) is 40.3 Å². The molecule has 2 fully saturated rings. The van der Waals surface area contributed by atoms with Crippen LogP contribution in [0.3, 0.4) is 0 Å². The third-order valence-corrected chi connectivity index (χ3v) is 5.85. The fraction of sp³-hybridized carbons (Fsp3) is 0.571. The molecule has 0 bridgehead atoms. The number of likely N-dealkylation sites (tertiary alicyclic amines) is 1. The smallest absolute Gasteiger partial charge is 0.317 e. The molecular weight excluding hydrogens is 359 g/mol. The van der Waals surface area contributed by atoms with E-state index in [-0.39, 0.29) is 17.8 Å². The summed E-state index contributed by atoms with van der Waals surface area (Å²) in [6.45, 7) is 1.38. The summed E-state index contributed by atoms with van der Waals surface area (Å²) in [5.74, 6) is 0.869. The predicted molar refractivity (Wildman–Crippen MR) is 103 cm³/mol. The molecule has 0 atom stereocenters. The summed E-state index contributed by atoms with van der Waals surface area (Å²) in [7, 11) is 0. The maximum atomic E-state index is 13.1. The first-order chi connectivity index (χ1) is 13.7. The molecule has 1 saturated carbocycles. The van der Waals surface area contributed by atoms with Crippen molar-refractivity contribution in [2.45, 2.75) is 63.3 Å². The largest absolute Gasteiger partial charge is 0.420 e. The second kappa shape index (κ2) is 8.71. The third kappa shape index (κ3) is 4.51. The average molecular weight is 386 g/mol. The number of carbonyl (C=O) groups excluding carboxylic acids is 1. The summed E-state index contributed by atoms with van der Waals surface area (Å²) in [5.41, 5.74) is 0.709. The maximum Gasteiger partial charge on any atom is 0.317 e. The number of hydrogen-bond donors (Lipinski definition) is 1. The fourth-order valence-corrected chi connectivity index (χ4v) is 4.13. The molecule has 6 nitrogen and oxygen atoms in total. The first-order valence-corrected chi connectivity index (χ1v) is 10.3. The lowest BCUT2D eigenvalue weighted by Crippen LogP contribution is -2.47. The minimum Gasteiger partial charge on any atom is -0.420 e. The molecule has 1 aromatic carbocycles. The molecule has 2 aliphatic rings. The van der Waals surface area contributed by atoms with E-state index in [0.29, 0.717) is 36.5 Å². The molecule has 7 heteroatoms. The Labute approximate surface area is 164 Å². The topological polar surface area (TPSA) is 71.3 Å². The van der Waals surface area contributed by atoms with E-state index >= 15 is 0 Å². The fourth-order valence-electron chi connectivity index (χ4n) is 4.13. The number of hydrogen-bond acceptors (Lipinski definition) is 4. The molecule has 0 radical (unpaired) electrons. The monoisotopic (exact) mass is 386 g/mol. The molecule has 2 amide bonds. The maximum absolute atomic E-state index is 13.1. The Bertz CT molecular complexity index is 776. The SMILES string of the molecule is O=C(NC1CCCCCC1)N1CCC(c2nnc(-c3ccc(F)cc3)o2)CC1. The number of nitrogens with one attached hydrogen (secondary N) is 1. The minimum absolute atomic E-state index is 0.0582. The Morgan fingerprint density at radius 3 is 2.36 bits per heavy atom. The van der Waals surface area contributed by atoms with E-state index in [4.69, 9.17) is 4.42 Å². The number of amides is 2. The summed E-state index contributed by atoms with van der Waals surface area (Å²) in [5, 5.41) is 11.5. The highest BCUT2D eigenvalue weighted by Crippen LogP contribution is 2.29. The van der Waals surface area contributed by atoms with Crippen molar-refractivity contribution in [2.75, 3.05) is 13.1 Å². The highest BCUT2D eigenvalue weighted by molar-refractivity contribution is 5.74. The highest BCUT2D eigenvalue weighted by atomic mass is 19.1. The van der Waals surface area contributed by atoms with E-state index in [2.05, 4.69) is 15.5 Å². The van der Waals surface area contributed by atoms with Gasteiger partial charge in [-0.15, -0.1) is 10.2 Å². The normalized spacial score (nSPS) is 19.4. The average Bonchev–Trinajstić information content (AvgIpc) is 3.07. The lowest BCUT2D eigenvalue weighted by atomic mass is 9.97. The van der Waals surface area contributed by atoms with Gasteiger partial charge in [0.25, 0.3) is 0 Å². The van der Waals surface area contributed by atoms with Crippen molar-refractivity contribution >= 4 is 6.03 Å². The molecule has 1 aromatic heterocycles. The Morgan fingerprint density at radius 2 is 1.68 bits per heavy atom. The van der Waals surface area contributed by atoms with Gasteiger partial charge >= 0.3 is 6.03 Å². The van der Waals surface area contributed by atoms with Gasteiger partial charge in [0.2, 0.25) is 11.8 Å². The molecule has 1 saturated heterocycles. The van der Waals surface area contributed by atoms with E-state index in [1.807, 2.05) is 4.90 Å². The molecule has 0 spiro atoms. The second-order valence-corrected chi connectivity index (χ2v) is 7.85. The van der Waals surface area contributed by atoms with Crippen LogP contribution in [-0.2, 0) is 0 Å². The van der Waals surface area contributed by atoms with Crippen LogP contribution in [0.2, 0.25) is 0 Å². The molecule has 1 aliphatic heterocycles. The van der Waals surface area contributed by atoms with E-state index in [9.17, 15) is 9.18 Å². The number of benzene rings is 1. The molecule has 2 aromatic rings. The van der Waals surface area contributed by atoms with Gasteiger partial charge in [-0.1, -0.05) is 25.7 Å². The van der Waals surface area contributed by atoms with Crippen LogP contribution in [0.15, 0.2) is 28.7 Å². The Kier molecular flexibility index (Phi) is 5.88. The van der Waals surface area contributed by atoms with Crippen molar-refractivity contribution in [3.05, 3.63) is 36.0 Å². The van der Waals surface area contributed by atoms with Crippen LogP contribution in [0, 0.1) is 5.82 Å². The summed E-state index contributed by atoms with van der Waals surface area (Å²) < 4.78 is 18.9. The Morgan fingerprint density at radius 1 is 1.00 bits per heavy atom. The third-order valence-electron chi connectivity index (χ3n) is 5.85. The number of rotatable bonds is 3. The van der Waals surface area contributed by atoms with E-state index in [1.54, 1.807) is 12.1 Å². The molecule has 2 heterocycles. The summed E-state index contributed by atoms with van der Waals surface area (Å²) >= 11 is 0. The molecule has 4 rings (SSSR count). The van der Waals surface area contributed by atoms with Crippen molar-refractivity contribution in [3.63, 3.8) is 0 Å². The quantitative estimate of drug-likeness (QED) is 0.789. The predicted octanol–water partition coefficient (Wildman–Crippen LogP) is 4.49. The van der Waals surface area contributed by atoms with Gasteiger partial charge in [0.1, 0.15) is 5.82 Å². The molecule has 150 valence electrons. The van der Waals surface area contributed by atoms with Gasteiger partial charge in [0.15, 0.2) is 0 Å². The Balaban J connectivity index is 1.30.